The molecule has 0 aliphatic carbocycles. The number of aromatic nitrogens is 1. The second-order valence-corrected chi connectivity index (χ2v) is 14.7. The average Bonchev–Trinajstić information content (AvgIpc) is 2.84. The Bertz CT molecular complexity index is 1610. The molecule has 1 N–H and O–H groups in total. The zero-order chi connectivity index (χ0) is 29.3. The molecule has 2 aromatic carbocycles. The second-order valence-electron chi connectivity index (χ2n) is 10.3. The minimum Gasteiger partial charge on any atom is -0.318 e. The van der Waals surface area contributed by atoms with E-state index < -0.39 is 49.0 Å². The zero-order valence-electron chi connectivity index (χ0n) is 22.7. The van der Waals surface area contributed by atoms with Crippen LogP contribution < -0.4 is 10.3 Å². The maximum atomic E-state index is 14.6. The molecule has 0 saturated carbocycles. The third-order valence-electron chi connectivity index (χ3n) is 6.19. The summed E-state index contributed by atoms with van der Waals surface area (Å²) in [7, 11) is -3.42. The Kier molecular flexibility index (Phi) is 9.09. The number of carbonyl (C=O) groups is 1. The average molecular weight is 579 g/mol. The summed E-state index contributed by atoms with van der Waals surface area (Å²) in [5, 5.41) is 0. The number of pyridine rings is 1. The van der Waals surface area contributed by atoms with Crippen molar-refractivity contribution in [2.75, 3.05) is 5.75 Å². The number of nitrogens with zero attached hydrogens (tertiary/aromatic N) is 1. The molecular formula is C28H32F2N2O5S2. The summed E-state index contributed by atoms with van der Waals surface area (Å²) in [6, 6.07) is 7.77. The molecule has 0 aliphatic heterocycles. The fraction of sp³-hybridized carbons (Fsp3) is 0.357. The summed E-state index contributed by atoms with van der Waals surface area (Å²) in [4.78, 5) is 26.2. The van der Waals surface area contributed by atoms with Crippen LogP contribution >= 0.6 is 0 Å². The summed E-state index contributed by atoms with van der Waals surface area (Å²) >= 11 is 0. The van der Waals surface area contributed by atoms with Gasteiger partial charge in [0.2, 0.25) is 0 Å². The minimum atomic E-state index is -3.44. The molecule has 0 radical (unpaired) electrons. The molecule has 0 saturated heterocycles. The first-order chi connectivity index (χ1) is 18.0. The minimum absolute atomic E-state index is 0.0298. The Balaban J connectivity index is 2.30. The molecule has 39 heavy (non-hydrogen) atoms. The topological polar surface area (TPSA) is 102 Å². The van der Waals surface area contributed by atoms with E-state index >= 15 is 0 Å². The fourth-order valence-electron chi connectivity index (χ4n) is 3.91. The summed E-state index contributed by atoms with van der Waals surface area (Å²) < 4.78 is 69.4. The van der Waals surface area contributed by atoms with E-state index in [0.717, 1.165) is 12.1 Å². The molecule has 3 rings (SSSR count). The van der Waals surface area contributed by atoms with Crippen LogP contribution in [0.4, 0.5) is 8.78 Å². The lowest BCUT2D eigenvalue weighted by Crippen LogP contribution is -2.35. The van der Waals surface area contributed by atoms with Gasteiger partial charge < -0.3 is 4.57 Å². The van der Waals surface area contributed by atoms with E-state index in [1.54, 1.807) is 27.7 Å². The van der Waals surface area contributed by atoms with Gasteiger partial charge in [-0.05, 0) is 62.6 Å². The predicted octanol–water partition coefficient (Wildman–Crippen LogP) is 4.61. The number of carbonyl (C=O) groups excluding carboxylic acids is 1. The molecule has 210 valence electrons. The third-order valence-corrected chi connectivity index (χ3v) is 9.52. The van der Waals surface area contributed by atoms with E-state index in [0.29, 0.717) is 22.8 Å². The van der Waals surface area contributed by atoms with Crippen molar-refractivity contribution in [1.29, 1.82) is 0 Å². The quantitative estimate of drug-likeness (QED) is 0.374. The van der Waals surface area contributed by atoms with Crippen molar-refractivity contribution >= 4 is 26.6 Å². The largest absolute Gasteiger partial charge is 0.318 e. The van der Waals surface area contributed by atoms with Crippen LogP contribution in [0, 0.1) is 11.6 Å². The molecule has 2 atom stereocenters. The highest BCUT2D eigenvalue weighted by Gasteiger charge is 2.26. The van der Waals surface area contributed by atoms with Crippen molar-refractivity contribution in [3.05, 3.63) is 92.9 Å². The van der Waals surface area contributed by atoms with Crippen molar-refractivity contribution in [2.45, 2.75) is 51.2 Å². The molecule has 0 fully saturated rings. The lowest BCUT2D eigenvalue weighted by atomic mass is 9.89. The second kappa shape index (κ2) is 11.6. The smallest absolute Gasteiger partial charge is 0.250 e. The Morgan fingerprint density at radius 2 is 1.69 bits per heavy atom. The number of nitrogens with one attached hydrogen (secondary N) is 1. The molecule has 1 unspecified atom stereocenters. The highest BCUT2D eigenvalue weighted by molar-refractivity contribution is 7.90. The summed E-state index contributed by atoms with van der Waals surface area (Å²) in [6.45, 7) is 8.62. The van der Waals surface area contributed by atoms with E-state index in [9.17, 15) is 31.0 Å². The van der Waals surface area contributed by atoms with Crippen LogP contribution in [0.1, 0.15) is 67.7 Å². The molecule has 0 spiro atoms. The van der Waals surface area contributed by atoms with Gasteiger partial charge in [0.1, 0.15) is 11.6 Å². The van der Waals surface area contributed by atoms with Crippen LogP contribution in [0.25, 0.3) is 11.1 Å². The van der Waals surface area contributed by atoms with Crippen molar-refractivity contribution in [3.8, 4) is 11.1 Å². The third kappa shape index (κ3) is 7.14. The monoisotopic (exact) mass is 578 g/mol. The standard InChI is InChI=1S/C28H32F2N2O5S2/c1-7-39(36,37)16-18-8-10-20(27(34)21-11-9-19(29)13-25(21)30)23(12-18)24-15-32(6)26(33)14-22(24)17(2)31-38(35)28(3,4)5/h8-15,17,31H,7,16H2,1-6H3/t17-,38?/m0/s1. The number of sulfone groups is 1. The lowest BCUT2D eigenvalue weighted by Gasteiger charge is -2.24. The summed E-state index contributed by atoms with van der Waals surface area (Å²) in [5.74, 6) is -3.00. The van der Waals surface area contributed by atoms with Gasteiger partial charge in [0.25, 0.3) is 5.56 Å². The molecule has 1 heterocycles. The Morgan fingerprint density at radius 3 is 2.28 bits per heavy atom. The number of ketones is 1. The maximum Gasteiger partial charge on any atom is 0.250 e. The van der Waals surface area contributed by atoms with Gasteiger partial charge in [-0.3, -0.25) is 9.59 Å². The van der Waals surface area contributed by atoms with E-state index in [2.05, 4.69) is 4.72 Å². The Morgan fingerprint density at radius 1 is 1.05 bits per heavy atom. The van der Waals surface area contributed by atoms with Gasteiger partial charge in [-0.25, -0.2) is 26.1 Å². The van der Waals surface area contributed by atoms with E-state index in [-0.39, 0.29) is 33.8 Å². The van der Waals surface area contributed by atoms with E-state index in [1.165, 1.54) is 49.0 Å². The molecule has 1 aromatic heterocycles. The highest BCUT2D eigenvalue weighted by Crippen LogP contribution is 2.33. The van der Waals surface area contributed by atoms with Crippen molar-refractivity contribution in [3.63, 3.8) is 0 Å². The van der Waals surface area contributed by atoms with Gasteiger partial charge in [-0.15, -0.1) is 0 Å². The molecule has 3 aromatic rings. The van der Waals surface area contributed by atoms with Crippen molar-refractivity contribution < 1.29 is 26.2 Å². The summed E-state index contributed by atoms with van der Waals surface area (Å²) in [5.41, 5.74) is 0.769. The van der Waals surface area contributed by atoms with Crippen LogP contribution in [0.5, 0.6) is 0 Å². The Hall–Kier alpha value is -3.02. The molecular weight excluding hydrogens is 546 g/mol. The lowest BCUT2D eigenvalue weighted by molar-refractivity contribution is 0.103. The van der Waals surface area contributed by atoms with Gasteiger partial charge in [0.15, 0.2) is 15.6 Å². The molecule has 0 aliphatic rings. The molecule has 7 nitrogen and oxygen atoms in total. The normalized spacial score (nSPS) is 13.7. The van der Waals surface area contributed by atoms with Crippen molar-refractivity contribution in [2.24, 2.45) is 7.05 Å². The fourth-order valence-corrected chi connectivity index (χ4v) is 5.60. The number of benzene rings is 2. The number of aryl methyl sites for hydroxylation is 1. The predicted molar refractivity (Wildman–Crippen MR) is 150 cm³/mol. The van der Waals surface area contributed by atoms with Crippen LogP contribution in [0.3, 0.4) is 0 Å². The van der Waals surface area contributed by atoms with Gasteiger partial charge >= 0.3 is 0 Å². The van der Waals surface area contributed by atoms with Gasteiger partial charge in [0, 0.05) is 48.3 Å². The molecule has 0 amide bonds. The van der Waals surface area contributed by atoms with Gasteiger partial charge in [0.05, 0.1) is 27.0 Å². The van der Waals surface area contributed by atoms with Crippen molar-refractivity contribution in [1.82, 2.24) is 9.29 Å². The number of rotatable bonds is 9. The van der Waals surface area contributed by atoms with Crippen LogP contribution in [-0.2, 0) is 33.6 Å². The number of halogens is 2. The SMILES string of the molecule is CCS(=O)(=O)Cc1ccc(C(=O)c2ccc(F)cc2F)c(-c2cn(C)c(=O)cc2[C@H](C)NS(=O)C(C)(C)C)c1. The Labute approximate surface area is 229 Å². The van der Waals surface area contributed by atoms with Gasteiger partial charge in [-0.2, -0.15) is 0 Å². The summed E-state index contributed by atoms with van der Waals surface area (Å²) in [6.07, 6.45) is 1.50. The van der Waals surface area contributed by atoms with Crippen LogP contribution in [0.15, 0.2) is 53.5 Å². The highest BCUT2D eigenvalue weighted by atomic mass is 32.2. The maximum absolute atomic E-state index is 14.6. The van der Waals surface area contributed by atoms with Gasteiger partial charge in [-0.1, -0.05) is 19.1 Å². The first-order valence-corrected chi connectivity index (χ1v) is 15.2. The first kappa shape index (κ1) is 30.5. The van der Waals surface area contributed by atoms with Crippen LogP contribution in [0.2, 0.25) is 0 Å². The molecule has 0 bridgehead atoms. The first-order valence-electron chi connectivity index (χ1n) is 12.3. The van der Waals surface area contributed by atoms with Crippen LogP contribution in [-0.4, -0.2) is 33.5 Å². The number of hydrogen-bond donors (Lipinski definition) is 1. The number of hydrogen-bond acceptors (Lipinski definition) is 5. The zero-order valence-corrected chi connectivity index (χ0v) is 24.3. The van der Waals surface area contributed by atoms with E-state index in [4.69, 9.17) is 0 Å². The van der Waals surface area contributed by atoms with E-state index in [1.807, 2.05) is 0 Å². The molecule has 11 heteroatoms.